The van der Waals surface area contributed by atoms with Gasteiger partial charge in [0.2, 0.25) is 0 Å². The predicted molar refractivity (Wildman–Crippen MR) is 118 cm³/mol. The Morgan fingerprint density at radius 3 is 2.62 bits per heavy atom. The van der Waals surface area contributed by atoms with Crippen molar-refractivity contribution in [3.63, 3.8) is 0 Å². The van der Waals surface area contributed by atoms with Crippen LogP contribution < -0.4 is 15.0 Å². The molecule has 4 rings (SSSR count). The first kappa shape index (κ1) is 21.9. The van der Waals surface area contributed by atoms with Crippen LogP contribution in [-0.2, 0) is 11.3 Å². The van der Waals surface area contributed by atoms with E-state index >= 15 is 0 Å². The first-order valence-corrected chi connectivity index (χ1v) is 11.0. The van der Waals surface area contributed by atoms with Crippen molar-refractivity contribution in [3.8, 4) is 11.5 Å². The summed E-state index contributed by atoms with van der Waals surface area (Å²) >= 11 is 0. The minimum absolute atomic E-state index is 0.106. The average Bonchev–Trinajstić information content (AvgIpc) is 3.21. The Hall–Kier alpha value is -3.33. The molecule has 1 aliphatic rings. The van der Waals surface area contributed by atoms with Gasteiger partial charge in [0.25, 0.3) is 5.56 Å². The van der Waals surface area contributed by atoms with Crippen molar-refractivity contribution in [3.05, 3.63) is 58.1 Å². The summed E-state index contributed by atoms with van der Waals surface area (Å²) in [6, 6.07) is 9.23. The number of hydrogen-bond donors (Lipinski definition) is 1. The fourth-order valence-electron chi connectivity index (χ4n) is 3.89. The fourth-order valence-corrected chi connectivity index (χ4v) is 3.89. The van der Waals surface area contributed by atoms with Crippen LogP contribution in [0.4, 0.5) is 0 Å². The van der Waals surface area contributed by atoms with Gasteiger partial charge >= 0.3 is 5.97 Å². The number of H-pyrrole nitrogens is 1. The van der Waals surface area contributed by atoms with E-state index in [1.807, 2.05) is 31.2 Å². The van der Waals surface area contributed by atoms with Crippen molar-refractivity contribution in [2.45, 2.75) is 39.3 Å². The molecule has 0 atom stereocenters. The van der Waals surface area contributed by atoms with Gasteiger partial charge in [0.15, 0.2) is 17.1 Å². The lowest BCUT2D eigenvalue weighted by Gasteiger charge is -2.32. The largest absolute Gasteiger partial charge is 0.490 e. The molecule has 0 aliphatic carbocycles. The van der Waals surface area contributed by atoms with E-state index < -0.39 is 5.97 Å². The fraction of sp³-hybridized carbons (Fsp3) is 0.435. The first-order valence-electron chi connectivity index (χ1n) is 11.0. The molecule has 1 aromatic carbocycles. The topological polar surface area (TPSA) is 98.2 Å². The van der Waals surface area contributed by atoms with Crippen LogP contribution in [0.25, 0.3) is 5.65 Å². The number of likely N-dealkylation sites (tertiary alicyclic amines) is 1. The number of ether oxygens (including phenoxy) is 3. The maximum Gasteiger partial charge on any atom is 0.343 e. The van der Waals surface area contributed by atoms with E-state index in [1.54, 1.807) is 6.92 Å². The van der Waals surface area contributed by atoms with Crippen molar-refractivity contribution in [1.82, 2.24) is 19.5 Å². The van der Waals surface area contributed by atoms with Crippen molar-refractivity contribution in [2.75, 3.05) is 26.3 Å². The quantitative estimate of drug-likeness (QED) is 0.538. The summed E-state index contributed by atoms with van der Waals surface area (Å²) in [5.74, 6) is 1.03. The molecule has 2 aromatic heterocycles. The minimum atomic E-state index is -0.499. The smallest absolute Gasteiger partial charge is 0.343 e. The second kappa shape index (κ2) is 9.86. The Labute approximate surface area is 185 Å². The molecule has 3 heterocycles. The van der Waals surface area contributed by atoms with E-state index in [0.29, 0.717) is 18.8 Å². The van der Waals surface area contributed by atoms with Crippen LogP contribution in [0.2, 0.25) is 0 Å². The summed E-state index contributed by atoms with van der Waals surface area (Å²) in [7, 11) is 0. The molecule has 1 N–H and O–H groups in total. The van der Waals surface area contributed by atoms with Gasteiger partial charge in [-0.05, 0) is 38.8 Å². The van der Waals surface area contributed by atoms with E-state index in [2.05, 4.69) is 15.0 Å². The average molecular weight is 441 g/mol. The molecule has 0 saturated carbocycles. The summed E-state index contributed by atoms with van der Waals surface area (Å²) in [4.78, 5) is 31.4. The molecular formula is C23H28N4O5. The maximum atomic E-state index is 12.5. The molecule has 32 heavy (non-hydrogen) atoms. The van der Waals surface area contributed by atoms with E-state index in [0.717, 1.165) is 37.4 Å². The van der Waals surface area contributed by atoms with E-state index in [-0.39, 0.29) is 29.5 Å². The number of piperidine rings is 1. The van der Waals surface area contributed by atoms with Gasteiger partial charge in [-0.15, -0.1) is 0 Å². The lowest BCUT2D eigenvalue weighted by molar-refractivity contribution is 0.0528. The van der Waals surface area contributed by atoms with Crippen LogP contribution in [0.15, 0.2) is 41.3 Å². The monoisotopic (exact) mass is 440 g/mol. The lowest BCUT2D eigenvalue weighted by Crippen LogP contribution is -2.38. The molecule has 1 saturated heterocycles. The van der Waals surface area contributed by atoms with Crippen LogP contribution in [0.1, 0.15) is 42.7 Å². The van der Waals surface area contributed by atoms with Crippen LogP contribution in [-0.4, -0.2) is 57.9 Å². The molecule has 170 valence electrons. The number of fused-ring (bicyclic) bond motifs is 1. The molecule has 0 bridgehead atoms. The minimum Gasteiger partial charge on any atom is -0.490 e. The van der Waals surface area contributed by atoms with Crippen molar-refractivity contribution >= 4 is 11.6 Å². The third-order valence-electron chi connectivity index (χ3n) is 5.41. The highest BCUT2D eigenvalue weighted by Gasteiger charge is 2.23. The predicted octanol–water partition coefficient (Wildman–Crippen LogP) is 2.64. The number of aromatic amines is 1. The summed E-state index contributed by atoms with van der Waals surface area (Å²) in [6.07, 6.45) is 3.28. The maximum absolute atomic E-state index is 12.5. The number of nitrogens with zero attached hydrogens (tertiary/aromatic N) is 3. The number of para-hydroxylation sites is 2. The van der Waals surface area contributed by atoms with Crippen LogP contribution >= 0.6 is 0 Å². The normalized spacial score (nSPS) is 15.1. The number of rotatable bonds is 8. The third-order valence-corrected chi connectivity index (χ3v) is 5.41. The number of benzene rings is 1. The Kier molecular flexibility index (Phi) is 6.75. The zero-order chi connectivity index (χ0) is 22.5. The summed E-state index contributed by atoms with van der Waals surface area (Å²) < 4.78 is 18.2. The van der Waals surface area contributed by atoms with Gasteiger partial charge in [0.1, 0.15) is 11.7 Å². The molecule has 9 nitrogen and oxygen atoms in total. The number of nitrogens with one attached hydrogen (secondary N) is 1. The van der Waals surface area contributed by atoms with Gasteiger partial charge in [-0.25, -0.2) is 14.3 Å². The highest BCUT2D eigenvalue weighted by Crippen LogP contribution is 2.29. The standard InChI is InChI=1S/C23H28N4O5/c1-3-30-19-7-5-6-8-20(19)32-17-9-11-26(12-10-17)15-16-13-21(28)27-22(25-16)18(14-24-27)23(29)31-4-2/h5-8,13-14,17,24H,3-4,9-12,15H2,1-2H3. The Balaban J connectivity index is 1.40. The summed E-state index contributed by atoms with van der Waals surface area (Å²) in [6.45, 7) is 6.71. The SMILES string of the molecule is CCOC(=O)c1c[nH]n2c(=O)cc(CN3CCC(Oc4ccccc4OCC)CC3)nc12. The second-order valence-corrected chi connectivity index (χ2v) is 7.63. The van der Waals surface area contributed by atoms with Crippen LogP contribution in [0.3, 0.4) is 0 Å². The van der Waals surface area contributed by atoms with Gasteiger partial charge in [-0.2, -0.15) is 0 Å². The van der Waals surface area contributed by atoms with Gasteiger partial charge in [0, 0.05) is 31.9 Å². The van der Waals surface area contributed by atoms with Crippen LogP contribution in [0, 0.1) is 0 Å². The number of aromatic nitrogens is 3. The molecule has 0 spiro atoms. The van der Waals surface area contributed by atoms with Crippen molar-refractivity contribution in [1.29, 1.82) is 0 Å². The van der Waals surface area contributed by atoms with Crippen molar-refractivity contribution < 1.29 is 19.0 Å². The molecule has 3 aromatic rings. The Morgan fingerprint density at radius 2 is 1.91 bits per heavy atom. The van der Waals surface area contributed by atoms with Crippen LogP contribution in [0.5, 0.6) is 11.5 Å². The lowest BCUT2D eigenvalue weighted by atomic mass is 10.1. The highest BCUT2D eigenvalue weighted by molar-refractivity contribution is 5.95. The summed E-state index contributed by atoms with van der Waals surface area (Å²) in [5.41, 5.74) is 0.912. The molecule has 0 radical (unpaired) electrons. The van der Waals surface area contributed by atoms with E-state index in [1.165, 1.54) is 16.8 Å². The highest BCUT2D eigenvalue weighted by atomic mass is 16.5. The van der Waals surface area contributed by atoms with E-state index in [4.69, 9.17) is 14.2 Å². The first-order chi connectivity index (χ1) is 15.6. The zero-order valence-corrected chi connectivity index (χ0v) is 18.4. The van der Waals surface area contributed by atoms with Gasteiger partial charge < -0.3 is 14.2 Å². The molecule has 9 heteroatoms. The molecular weight excluding hydrogens is 412 g/mol. The number of carbonyl (C=O) groups is 1. The zero-order valence-electron chi connectivity index (χ0n) is 18.4. The second-order valence-electron chi connectivity index (χ2n) is 7.63. The molecule has 1 aliphatic heterocycles. The molecule has 0 unspecified atom stereocenters. The Bertz CT molecular complexity index is 1130. The van der Waals surface area contributed by atoms with Gasteiger partial charge in [-0.1, -0.05) is 12.1 Å². The Morgan fingerprint density at radius 1 is 1.16 bits per heavy atom. The number of esters is 1. The van der Waals surface area contributed by atoms with Crippen molar-refractivity contribution in [2.24, 2.45) is 0 Å². The van der Waals surface area contributed by atoms with E-state index in [9.17, 15) is 9.59 Å². The van der Waals surface area contributed by atoms with Gasteiger partial charge in [-0.3, -0.25) is 14.8 Å². The number of hydrogen-bond acceptors (Lipinski definition) is 7. The van der Waals surface area contributed by atoms with Gasteiger partial charge in [0.05, 0.1) is 18.9 Å². The third kappa shape index (κ3) is 4.77. The molecule has 0 amide bonds. The summed E-state index contributed by atoms with van der Waals surface area (Å²) in [5, 5.41) is 2.77. The number of carbonyl (C=O) groups excluding carboxylic acids is 1. The molecule has 1 fully saturated rings.